The quantitative estimate of drug-likeness (QED) is 0.778. The summed E-state index contributed by atoms with van der Waals surface area (Å²) in [6.07, 6.45) is 0.175. The zero-order valence-electron chi connectivity index (χ0n) is 8.63. The van der Waals surface area contributed by atoms with Crippen LogP contribution in [0.2, 0.25) is 0 Å². The summed E-state index contributed by atoms with van der Waals surface area (Å²) in [6.45, 7) is 0. The maximum absolute atomic E-state index is 10.7. The van der Waals surface area contributed by atoms with Crippen molar-refractivity contribution in [2.45, 2.75) is 17.7 Å². The molecule has 0 radical (unpaired) electrons. The second kappa shape index (κ2) is 5.62. The molecule has 1 N–H and O–H groups in total. The van der Waals surface area contributed by atoms with Crippen LogP contribution in [0.5, 0.6) is 5.75 Å². The molecule has 0 bridgehead atoms. The van der Waals surface area contributed by atoms with Gasteiger partial charge in [0.25, 0.3) is 0 Å². The second-order valence-corrected chi connectivity index (χ2v) is 4.04. The Hall–Kier alpha value is -1.40. The molecule has 88 valence electrons. The third-order valence-corrected chi connectivity index (χ3v) is 2.69. The van der Waals surface area contributed by atoms with Crippen molar-refractivity contribution >= 4 is 17.0 Å². The predicted octanol–water partition coefficient (Wildman–Crippen LogP) is 0.950. The van der Waals surface area contributed by atoms with E-state index in [1.807, 2.05) is 0 Å². The van der Waals surface area contributed by atoms with Crippen molar-refractivity contribution in [3.05, 3.63) is 23.8 Å². The summed E-state index contributed by atoms with van der Waals surface area (Å²) < 4.78 is 26.5. The minimum absolute atomic E-state index is 0.0642. The number of ether oxygens (including phenoxy) is 1. The van der Waals surface area contributed by atoms with Crippen molar-refractivity contribution in [2.75, 3.05) is 7.11 Å². The van der Waals surface area contributed by atoms with Crippen LogP contribution >= 0.6 is 0 Å². The first-order chi connectivity index (χ1) is 7.54. The Bertz CT molecular complexity index is 416. The van der Waals surface area contributed by atoms with Crippen molar-refractivity contribution in [3.63, 3.8) is 0 Å². The van der Waals surface area contributed by atoms with Gasteiger partial charge in [-0.1, -0.05) is 0 Å². The first-order valence-electron chi connectivity index (χ1n) is 4.52. The third kappa shape index (κ3) is 3.32. The molecule has 1 atom stereocenters. The average molecular weight is 243 g/mol. The number of methoxy groups -OCH3 is 1. The largest absolute Gasteiger partial charge is 0.768 e. The number of carboxylic acids is 1. The summed E-state index contributed by atoms with van der Waals surface area (Å²) in [6, 6.07) is 4.35. The summed E-state index contributed by atoms with van der Waals surface area (Å²) in [7, 11) is 1.45. The molecule has 0 fully saturated rings. The number of hydrogen-bond acceptors (Lipinski definition) is 4. The molecule has 0 amide bonds. The Morgan fingerprint density at radius 1 is 1.56 bits per heavy atom. The van der Waals surface area contributed by atoms with E-state index in [1.165, 1.54) is 25.3 Å². The van der Waals surface area contributed by atoms with Gasteiger partial charge in [-0.05, 0) is 41.3 Å². The van der Waals surface area contributed by atoms with Crippen molar-refractivity contribution in [3.8, 4) is 5.75 Å². The Labute approximate surface area is 95.3 Å². The van der Waals surface area contributed by atoms with Crippen molar-refractivity contribution in [2.24, 2.45) is 0 Å². The molecule has 0 spiro atoms. The normalized spacial score (nSPS) is 12.1. The van der Waals surface area contributed by atoms with Crippen LogP contribution in [0.15, 0.2) is 23.1 Å². The summed E-state index contributed by atoms with van der Waals surface area (Å²) >= 11 is -2.32. The van der Waals surface area contributed by atoms with Crippen LogP contribution in [0.25, 0.3) is 0 Å². The fourth-order valence-electron chi connectivity index (χ4n) is 1.30. The summed E-state index contributed by atoms with van der Waals surface area (Å²) in [5, 5.41) is 8.55. The second-order valence-electron chi connectivity index (χ2n) is 3.10. The van der Waals surface area contributed by atoms with Crippen molar-refractivity contribution in [1.82, 2.24) is 0 Å². The van der Waals surface area contributed by atoms with Gasteiger partial charge >= 0.3 is 5.97 Å². The summed E-state index contributed by atoms with van der Waals surface area (Å²) in [5.74, 6) is -0.439. The van der Waals surface area contributed by atoms with Gasteiger partial charge in [0, 0.05) is 11.3 Å². The van der Waals surface area contributed by atoms with Crippen LogP contribution in [0.4, 0.5) is 0 Å². The minimum Gasteiger partial charge on any atom is -0.768 e. The maximum Gasteiger partial charge on any atom is 0.303 e. The van der Waals surface area contributed by atoms with Crippen LogP contribution in [0.1, 0.15) is 12.0 Å². The number of hydrogen-bond donors (Lipinski definition) is 1. The number of aliphatic carboxylic acids is 1. The standard InChI is InChI=1S/C10H12O5S/c1-15-9-4-3-8(16(13)14)6-7(9)2-5-10(11)12/h3-4,6H,2,5H2,1H3,(H,11,12)(H,13,14)/p-1. The molecular formula is C10H11O5S-. The minimum atomic E-state index is -2.32. The van der Waals surface area contributed by atoms with E-state index in [2.05, 4.69) is 0 Å². The smallest absolute Gasteiger partial charge is 0.303 e. The lowest BCUT2D eigenvalue weighted by molar-refractivity contribution is -0.136. The van der Waals surface area contributed by atoms with E-state index < -0.39 is 17.0 Å². The van der Waals surface area contributed by atoms with Crippen LogP contribution in [-0.4, -0.2) is 26.9 Å². The molecule has 1 aromatic carbocycles. The van der Waals surface area contributed by atoms with Crippen molar-refractivity contribution < 1.29 is 23.4 Å². The highest BCUT2D eigenvalue weighted by atomic mass is 32.2. The number of rotatable bonds is 5. The molecule has 5 nitrogen and oxygen atoms in total. The lowest BCUT2D eigenvalue weighted by atomic mass is 10.1. The van der Waals surface area contributed by atoms with Crippen LogP contribution in [-0.2, 0) is 22.3 Å². The fourth-order valence-corrected chi connectivity index (χ4v) is 1.71. The van der Waals surface area contributed by atoms with Crippen LogP contribution < -0.4 is 4.74 Å². The Morgan fingerprint density at radius 2 is 2.25 bits per heavy atom. The molecule has 1 unspecified atom stereocenters. The maximum atomic E-state index is 10.7. The SMILES string of the molecule is COc1ccc(S(=O)[O-])cc1CCC(=O)O. The molecule has 0 aliphatic rings. The van der Waals surface area contributed by atoms with Crippen LogP contribution in [0.3, 0.4) is 0 Å². The molecule has 1 rings (SSSR count). The molecule has 0 aromatic heterocycles. The Balaban J connectivity index is 2.97. The van der Waals surface area contributed by atoms with Gasteiger partial charge in [-0.2, -0.15) is 0 Å². The van der Waals surface area contributed by atoms with Gasteiger partial charge in [-0.25, -0.2) is 0 Å². The zero-order chi connectivity index (χ0) is 12.1. The van der Waals surface area contributed by atoms with Crippen molar-refractivity contribution in [1.29, 1.82) is 0 Å². The monoisotopic (exact) mass is 243 g/mol. The Morgan fingerprint density at radius 3 is 2.75 bits per heavy atom. The van der Waals surface area contributed by atoms with Gasteiger partial charge in [0.15, 0.2) is 0 Å². The van der Waals surface area contributed by atoms with Gasteiger partial charge in [0.05, 0.1) is 7.11 Å². The van der Waals surface area contributed by atoms with E-state index in [0.29, 0.717) is 11.3 Å². The first-order valence-corrected chi connectivity index (χ1v) is 5.60. The number of carboxylic acid groups (broad SMARTS) is 1. The van der Waals surface area contributed by atoms with E-state index in [0.717, 1.165) is 0 Å². The lowest BCUT2D eigenvalue weighted by Gasteiger charge is -2.11. The van der Waals surface area contributed by atoms with Gasteiger partial charge in [0.1, 0.15) is 5.75 Å². The molecule has 16 heavy (non-hydrogen) atoms. The number of aryl methyl sites for hydroxylation is 1. The number of carbonyl (C=O) groups is 1. The highest BCUT2D eigenvalue weighted by Crippen LogP contribution is 2.22. The zero-order valence-corrected chi connectivity index (χ0v) is 9.45. The third-order valence-electron chi connectivity index (χ3n) is 2.05. The molecule has 1 aromatic rings. The molecule has 0 saturated heterocycles. The van der Waals surface area contributed by atoms with Gasteiger partial charge in [-0.15, -0.1) is 0 Å². The lowest BCUT2D eigenvalue weighted by Crippen LogP contribution is -2.01. The molecular weight excluding hydrogens is 232 g/mol. The molecule has 6 heteroatoms. The first kappa shape index (κ1) is 12.7. The highest BCUT2D eigenvalue weighted by molar-refractivity contribution is 7.79. The van der Waals surface area contributed by atoms with Gasteiger partial charge in [-0.3, -0.25) is 9.00 Å². The fraction of sp³-hybridized carbons (Fsp3) is 0.300. The molecule has 0 aliphatic heterocycles. The van der Waals surface area contributed by atoms with E-state index in [-0.39, 0.29) is 17.7 Å². The van der Waals surface area contributed by atoms with Gasteiger partial charge in [0.2, 0.25) is 0 Å². The van der Waals surface area contributed by atoms with E-state index in [9.17, 15) is 13.6 Å². The van der Waals surface area contributed by atoms with Gasteiger partial charge < -0.3 is 14.4 Å². The number of benzene rings is 1. The van der Waals surface area contributed by atoms with E-state index in [4.69, 9.17) is 9.84 Å². The Kier molecular flexibility index (Phi) is 4.45. The molecule has 0 saturated carbocycles. The average Bonchev–Trinajstić information content (AvgIpc) is 2.25. The predicted molar refractivity (Wildman–Crippen MR) is 56.1 cm³/mol. The summed E-state index contributed by atoms with van der Waals surface area (Å²) in [4.78, 5) is 10.6. The molecule has 0 heterocycles. The topological polar surface area (TPSA) is 86.7 Å². The summed E-state index contributed by atoms with van der Waals surface area (Å²) in [5.41, 5.74) is 0.576. The van der Waals surface area contributed by atoms with E-state index >= 15 is 0 Å². The van der Waals surface area contributed by atoms with E-state index in [1.54, 1.807) is 0 Å². The van der Waals surface area contributed by atoms with Crippen LogP contribution in [0, 0.1) is 0 Å². The highest BCUT2D eigenvalue weighted by Gasteiger charge is 2.07. The molecule has 0 aliphatic carbocycles.